The molecule has 1 aliphatic heterocycles. The molecule has 1 heterocycles. The fourth-order valence-electron chi connectivity index (χ4n) is 2.84. The van der Waals surface area contributed by atoms with E-state index in [1.165, 1.54) is 6.07 Å². The Morgan fingerprint density at radius 3 is 2.52 bits per heavy atom. The van der Waals surface area contributed by atoms with E-state index >= 15 is 0 Å². The number of benzene rings is 2. The number of hydrogen-bond acceptors (Lipinski definition) is 2. The summed E-state index contributed by atoms with van der Waals surface area (Å²) in [6.07, 6.45) is 0.896. The minimum absolute atomic E-state index is 0.108. The molecule has 2 aromatic carbocycles. The normalized spacial score (nSPS) is 17.3. The van der Waals surface area contributed by atoms with Gasteiger partial charge in [0.05, 0.1) is 5.56 Å². The number of nitrogens with zero attached hydrogens (tertiary/aromatic N) is 1. The lowest BCUT2D eigenvalue weighted by Crippen LogP contribution is -2.38. The molecule has 0 radical (unpaired) electrons. The summed E-state index contributed by atoms with van der Waals surface area (Å²) in [5.74, 6) is -0.779. The zero-order valence-corrected chi connectivity index (χ0v) is 13.6. The highest BCUT2D eigenvalue weighted by atomic mass is 35.5. The summed E-state index contributed by atoms with van der Waals surface area (Å²) in [6, 6.07) is 12.0. The van der Waals surface area contributed by atoms with Gasteiger partial charge in [0.25, 0.3) is 5.91 Å². The van der Waals surface area contributed by atoms with E-state index in [0.717, 1.165) is 30.6 Å². The Hall–Kier alpha value is -1.91. The van der Waals surface area contributed by atoms with Crippen LogP contribution in [0.15, 0.2) is 42.5 Å². The van der Waals surface area contributed by atoms with Gasteiger partial charge in [-0.3, -0.25) is 4.79 Å². The highest BCUT2D eigenvalue weighted by Gasteiger charge is 2.25. The molecule has 0 saturated carbocycles. The lowest BCUT2D eigenvalue weighted by molar-refractivity contribution is 0.0739. The number of rotatable bonds is 3. The van der Waals surface area contributed by atoms with Crippen molar-refractivity contribution >= 4 is 17.5 Å². The van der Waals surface area contributed by atoms with Crippen LogP contribution in [0, 0.1) is 5.82 Å². The van der Waals surface area contributed by atoms with Gasteiger partial charge in [-0.1, -0.05) is 29.8 Å². The van der Waals surface area contributed by atoms with Gasteiger partial charge in [-0.05, 0) is 48.4 Å². The van der Waals surface area contributed by atoms with Gasteiger partial charge in [0.15, 0.2) is 0 Å². The van der Waals surface area contributed by atoms with Crippen LogP contribution in [-0.2, 0) is 0 Å². The third-order valence-electron chi connectivity index (χ3n) is 4.28. The van der Waals surface area contributed by atoms with Crippen LogP contribution in [0.5, 0.6) is 0 Å². The molecule has 1 fully saturated rings. The summed E-state index contributed by atoms with van der Waals surface area (Å²) in [6.45, 7) is 1.65. The zero-order valence-electron chi connectivity index (χ0n) is 12.9. The second-order valence-electron chi connectivity index (χ2n) is 5.76. The van der Waals surface area contributed by atoms with Gasteiger partial charge in [-0.15, -0.1) is 0 Å². The number of amides is 1. The number of halogens is 2. The Kier molecular flexibility index (Phi) is 4.64. The smallest absolute Gasteiger partial charge is 0.256 e. The van der Waals surface area contributed by atoms with Crippen LogP contribution in [-0.4, -0.2) is 37.0 Å². The van der Waals surface area contributed by atoms with Crippen molar-refractivity contribution in [1.29, 1.82) is 0 Å². The van der Waals surface area contributed by atoms with Crippen molar-refractivity contribution in [3.8, 4) is 11.1 Å². The standard InChI is InChI=1S/C18H18ClFN2O/c1-22(15-8-9-21-11-15)18(23)16-7-4-13(10-17(16)20)12-2-5-14(19)6-3-12/h2-7,10,15,21H,8-9,11H2,1H3. The molecular formula is C18H18ClFN2O. The predicted octanol–water partition coefficient (Wildman–Crippen LogP) is 3.58. The second kappa shape index (κ2) is 6.69. The minimum atomic E-state index is -0.500. The number of carbonyl (C=O) groups excluding carboxylic acids is 1. The number of hydrogen-bond donors (Lipinski definition) is 1. The maximum Gasteiger partial charge on any atom is 0.256 e. The van der Waals surface area contributed by atoms with Crippen LogP contribution in [0.1, 0.15) is 16.8 Å². The van der Waals surface area contributed by atoms with Gasteiger partial charge in [0, 0.05) is 24.7 Å². The lowest BCUT2D eigenvalue weighted by Gasteiger charge is -2.24. The molecule has 3 rings (SSSR count). The molecule has 0 bridgehead atoms. The number of likely N-dealkylation sites (N-methyl/N-ethyl adjacent to an activating group) is 1. The Labute approximate surface area is 140 Å². The maximum absolute atomic E-state index is 14.4. The van der Waals surface area contributed by atoms with Crippen molar-refractivity contribution in [2.45, 2.75) is 12.5 Å². The molecule has 1 N–H and O–H groups in total. The minimum Gasteiger partial charge on any atom is -0.337 e. The van der Waals surface area contributed by atoms with Crippen molar-refractivity contribution in [2.24, 2.45) is 0 Å². The first-order chi connectivity index (χ1) is 11.1. The van der Waals surface area contributed by atoms with E-state index < -0.39 is 5.82 Å². The van der Waals surface area contributed by atoms with E-state index in [0.29, 0.717) is 5.02 Å². The highest BCUT2D eigenvalue weighted by Crippen LogP contribution is 2.24. The monoisotopic (exact) mass is 332 g/mol. The molecule has 3 nitrogen and oxygen atoms in total. The van der Waals surface area contributed by atoms with E-state index in [9.17, 15) is 9.18 Å². The zero-order chi connectivity index (χ0) is 16.4. The Morgan fingerprint density at radius 2 is 1.91 bits per heavy atom. The van der Waals surface area contributed by atoms with Crippen molar-refractivity contribution in [1.82, 2.24) is 10.2 Å². The van der Waals surface area contributed by atoms with E-state index in [1.807, 2.05) is 12.1 Å². The Bertz CT molecular complexity index is 711. The summed E-state index contributed by atoms with van der Waals surface area (Å²) in [5, 5.41) is 3.84. The molecule has 120 valence electrons. The van der Waals surface area contributed by atoms with Crippen LogP contribution in [0.3, 0.4) is 0 Å². The van der Waals surface area contributed by atoms with Gasteiger partial charge >= 0.3 is 0 Å². The summed E-state index contributed by atoms with van der Waals surface area (Å²) < 4.78 is 14.4. The first-order valence-electron chi connectivity index (χ1n) is 7.59. The van der Waals surface area contributed by atoms with Crippen LogP contribution in [0.2, 0.25) is 5.02 Å². The first kappa shape index (κ1) is 16.0. The average Bonchev–Trinajstić information content (AvgIpc) is 3.08. The SMILES string of the molecule is CN(C(=O)c1ccc(-c2ccc(Cl)cc2)cc1F)C1CCNC1. The van der Waals surface area contributed by atoms with Gasteiger partial charge in [-0.25, -0.2) is 4.39 Å². The van der Waals surface area contributed by atoms with Gasteiger partial charge in [0.1, 0.15) is 5.82 Å². The molecule has 5 heteroatoms. The Morgan fingerprint density at radius 1 is 1.22 bits per heavy atom. The summed E-state index contributed by atoms with van der Waals surface area (Å²) in [7, 11) is 1.73. The molecule has 1 unspecified atom stereocenters. The van der Waals surface area contributed by atoms with Crippen LogP contribution in [0.25, 0.3) is 11.1 Å². The molecule has 1 saturated heterocycles. The molecule has 1 aliphatic rings. The Balaban J connectivity index is 1.84. The molecule has 0 spiro atoms. The quantitative estimate of drug-likeness (QED) is 0.931. The topological polar surface area (TPSA) is 32.3 Å². The second-order valence-corrected chi connectivity index (χ2v) is 6.20. The van der Waals surface area contributed by atoms with E-state index in [1.54, 1.807) is 36.2 Å². The van der Waals surface area contributed by atoms with Crippen molar-refractivity contribution in [3.05, 3.63) is 58.9 Å². The lowest BCUT2D eigenvalue weighted by atomic mass is 10.0. The number of carbonyl (C=O) groups is 1. The maximum atomic E-state index is 14.4. The molecule has 0 aromatic heterocycles. The van der Waals surface area contributed by atoms with E-state index in [4.69, 9.17) is 11.6 Å². The largest absolute Gasteiger partial charge is 0.337 e. The van der Waals surface area contributed by atoms with Gasteiger partial charge in [0.2, 0.25) is 0 Å². The molecular weight excluding hydrogens is 315 g/mol. The molecule has 2 aromatic rings. The van der Waals surface area contributed by atoms with Gasteiger partial charge < -0.3 is 10.2 Å². The molecule has 1 atom stereocenters. The fourth-order valence-corrected chi connectivity index (χ4v) is 2.96. The molecule has 1 amide bonds. The third kappa shape index (κ3) is 3.38. The average molecular weight is 333 g/mol. The number of nitrogens with one attached hydrogen (secondary N) is 1. The molecule has 0 aliphatic carbocycles. The molecule has 23 heavy (non-hydrogen) atoms. The van der Waals surface area contributed by atoms with E-state index in [-0.39, 0.29) is 17.5 Å². The van der Waals surface area contributed by atoms with Crippen LogP contribution < -0.4 is 5.32 Å². The fraction of sp³-hybridized carbons (Fsp3) is 0.278. The summed E-state index contributed by atoms with van der Waals surface area (Å²) in [5.41, 5.74) is 1.69. The van der Waals surface area contributed by atoms with Crippen molar-refractivity contribution in [2.75, 3.05) is 20.1 Å². The summed E-state index contributed by atoms with van der Waals surface area (Å²) in [4.78, 5) is 14.1. The van der Waals surface area contributed by atoms with Crippen LogP contribution >= 0.6 is 11.6 Å². The predicted molar refractivity (Wildman–Crippen MR) is 90.2 cm³/mol. The van der Waals surface area contributed by atoms with E-state index in [2.05, 4.69) is 5.32 Å². The van der Waals surface area contributed by atoms with Gasteiger partial charge in [-0.2, -0.15) is 0 Å². The van der Waals surface area contributed by atoms with Crippen molar-refractivity contribution < 1.29 is 9.18 Å². The summed E-state index contributed by atoms with van der Waals surface area (Å²) >= 11 is 5.86. The van der Waals surface area contributed by atoms with Crippen LogP contribution in [0.4, 0.5) is 4.39 Å². The third-order valence-corrected chi connectivity index (χ3v) is 4.53. The van der Waals surface area contributed by atoms with Crippen molar-refractivity contribution in [3.63, 3.8) is 0 Å². The highest BCUT2D eigenvalue weighted by molar-refractivity contribution is 6.30. The first-order valence-corrected chi connectivity index (χ1v) is 7.97.